The molecule has 1 aromatic carbocycles. The second-order valence-electron chi connectivity index (χ2n) is 3.56. The van der Waals surface area contributed by atoms with Gasteiger partial charge in [-0.15, -0.1) is 6.58 Å². The predicted octanol–water partition coefficient (Wildman–Crippen LogP) is 1.09. The number of methoxy groups -OCH3 is 1. The van der Waals surface area contributed by atoms with E-state index in [4.69, 9.17) is 16.2 Å². The Kier molecular flexibility index (Phi) is 4.34. The van der Waals surface area contributed by atoms with E-state index in [-0.39, 0.29) is 11.8 Å². The average Bonchev–Trinajstić information content (AvgIpc) is 2.30. The van der Waals surface area contributed by atoms with E-state index in [0.717, 1.165) is 11.1 Å². The van der Waals surface area contributed by atoms with Gasteiger partial charge in [0.1, 0.15) is 0 Å². The highest BCUT2D eigenvalue weighted by Gasteiger charge is 2.13. The second kappa shape index (κ2) is 5.53. The van der Waals surface area contributed by atoms with Gasteiger partial charge < -0.3 is 21.3 Å². The summed E-state index contributed by atoms with van der Waals surface area (Å²) in [7, 11) is 1.51. The highest BCUT2D eigenvalue weighted by Crippen LogP contribution is 2.31. The molecule has 0 unspecified atom stereocenters. The summed E-state index contributed by atoms with van der Waals surface area (Å²) in [6, 6.07) is 3.09. The number of nitrogens with two attached hydrogens (primary N) is 2. The van der Waals surface area contributed by atoms with Gasteiger partial charge in [-0.05, 0) is 29.7 Å². The van der Waals surface area contributed by atoms with Gasteiger partial charge in [0.2, 0.25) is 0 Å². The quantitative estimate of drug-likeness (QED) is 0.651. The maximum Gasteiger partial charge on any atom is 0.160 e. The molecular formula is C12H18N2O2. The molecule has 88 valence electrons. The Bertz CT molecular complexity index is 378. The highest BCUT2D eigenvalue weighted by atomic mass is 16.5. The molecule has 0 fully saturated rings. The van der Waals surface area contributed by atoms with E-state index >= 15 is 0 Å². The van der Waals surface area contributed by atoms with E-state index in [0.29, 0.717) is 18.7 Å². The van der Waals surface area contributed by atoms with Crippen LogP contribution in [0.3, 0.4) is 0 Å². The molecule has 4 nitrogen and oxygen atoms in total. The van der Waals surface area contributed by atoms with Crippen molar-refractivity contribution in [1.29, 1.82) is 0 Å². The maximum atomic E-state index is 9.68. The first kappa shape index (κ1) is 12.5. The maximum absolute atomic E-state index is 9.68. The van der Waals surface area contributed by atoms with Gasteiger partial charge in [-0.1, -0.05) is 6.08 Å². The Labute approximate surface area is 95.5 Å². The molecule has 0 spiro atoms. The number of benzene rings is 1. The molecular weight excluding hydrogens is 204 g/mol. The molecule has 1 atom stereocenters. The number of ether oxygens (including phenoxy) is 1. The van der Waals surface area contributed by atoms with Crippen LogP contribution in [0.15, 0.2) is 24.8 Å². The van der Waals surface area contributed by atoms with Gasteiger partial charge in [-0.2, -0.15) is 0 Å². The van der Waals surface area contributed by atoms with Gasteiger partial charge in [-0.25, -0.2) is 0 Å². The van der Waals surface area contributed by atoms with E-state index in [1.54, 1.807) is 18.2 Å². The molecule has 1 rings (SSSR count). The molecule has 0 aromatic heterocycles. The summed E-state index contributed by atoms with van der Waals surface area (Å²) in [5, 5.41) is 9.68. The zero-order valence-corrected chi connectivity index (χ0v) is 9.44. The predicted molar refractivity (Wildman–Crippen MR) is 64.5 cm³/mol. The summed E-state index contributed by atoms with van der Waals surface area (Å²) in [6.07, 6.45) is 2.44. The zero-order chi connectivity index (χ0) is 12.1. The summed E-state index contributed by atoms with van der Waals surface area (Å²) in [5.74, 6) is 0.513. The lowest BCUT2D eigenvalue weighted by atomic mass is 9.97. The third kappa shape index (κ3) is 2.53. The summed E-state index contributed by atoms with van der Waals surface area (Å²) < 4.78 is 5.04. The van der Waals surface area contributed by atoms with Crippen LogP contribution in [0, 0.1) is 0 Å². The van der Waals surface area contributed by atoms with Gasteiger partial charge in [0.25, 0.3) is 0 Å². The van der Waals surface area contributed by atoms with Gasteiger partial charge in [0.05, 0.1) is 7.11 Å². The van der Waals surface area contributed by atoms with Crippen LogP contribution >= 0.6 is 0 Å². The van der Waals surface area contributed by atoms with Crippen LogP contribution in [-0.2, 0) is 6.42 Å². The van der Waals surface area contributed by atoms with Crippen molar-refractivity contribution in [2.24, 2.45) is 11.5 Å². The summed E-state index contributed by atoms with van der Waals surface area (Å²) in [5.41, 5.74) is 13.2. The second-order valence-corrected chi connectivity index (χ2v) is 3.56. The van der Waals surface area contributed by atoms with Crippen molar-refractivity contribution in [3.8, 4) is 11.5 Å². The monoisotopic (exact) mass is 222 g/mol. The Morgan fingerprint density at radius 1 is 1.56 bits per heavy atom. The third-order valence-corrected chi connectivity index (χ3v) is 2.46. The van der Waals surface area contributed by atoms with Crippen LogP contribution in [0.25, 0.3) is 0 Å². The highest BCUT2D eigenvalue weighted by molar-refractivity contribution is 5.48. The van der Waals surface area contributed by atoms with Crippen molar-refractivity contribution in [2.45, 2.75) is 12.5 Å². The number of aromatic hydroxyl groups is 1. The number of allylic oxidation sites excluding steroid dienone is 1. The minimum absolute atomic E-state index is 0.0780. The molecule has 0 bridgehead atoms. The number of hydrogen-bond donors (Lipinski definition) is 3. The third-order valence-electron chi connectivity index (χ3n) is 2.46. The minimum atomic E-state index is -0.285. The van der Waals surface area contributed by atoms with Gasteiger partial charge in [0.15, 0.2) is 11.5 Å². The van der Waals surface area contributed by atoms with Gasteiger partial charge >= 0.3 is 0 Å². The largest absolute Gasteiger partial charge is 0.504 e. The van der Waals surface area contributed by atoms with Crippen LogP contribution in [0.2, 0.25) is 0 Å². The topological polar surface area (TPSA) is 81.5 Å². The van der Waals surface area contributed by atoms with Crippen LogP contribution < -0.4 is 16.2 Å². The fraction of sp³-hybridized carbons (Fsp3) is 0.333. The van der Waals surface area contributed by atoms with Crippen LogP contribution in [0.1, 0.15) is 17.2 Å². The SMILES string of the molecule is C=CCc1cc(OC)c(O)cc1[C@@H](N)CN. The summed E-state index contributed by atoms with van der Waals surface area (Å²) >= 11 is 0. The first-order valence-electron chi connectivity index (χ1n) is 5.10. The molecule has 1 aromatic rings. The lowest BCUT2D eigenvalue weighted by Crippen LogP contribution is -2.22. The number of hydrogen-bond acceptors (Lipinski definition) is 4. The van der Waals surface area contributed by atoms with E-state index < -0.39 is 0 Å². The smallest absolute Gasteiger partial charge is 0.160 e. The molecule has 0 aliphatic rings. The first-order valence-corrected chi connectivity index (χ1v) is 5.10. The average molecular weight is 222 g/mol. The van der Waals surface area contributed by atoms with Gasteiger partial charge in [0, 0.05) is 12.6 Å². The summed E-state index contributed by atoms with van der Waals surface area (Å²) in [6.45, 7) is 4.01. The number of phenols is 1. The van der Waals surface area contributed by atoms with E-state index in [1.165, 1.54) is 7.11 Å². The van der Waals surface area contributed by atoms with E-state index in [9.17, 15) is 5.11 Å². The van der Waals surface area contributed by atoms with Crippen molar-refractivity contribution in [2.75, 3.05) is 13.7 Å². The van der Waals surface area contributed by atoms with Crippen molar-refractivity contribution in [3.05, 3.63) is 35.9 Å². The lowest BCUT2D eigenvalue weighted by molar-refractivity contribution is 0.372. The normalized spacial score (nSPS) is 12.2. The zero-order valence-electron chi connectivity index (χ0n) is 9.44. The summed E-state index contributed by atoms with van der Waals surface area (Å²) in [4.78, 5) is 0. The van der Waals surface area contributed by atoms with E-state index in [1.807, 2.05) is 0 Å². The Hall–Kier alpha value is -1.52. The van der Waals surface area contributed by atoms with E-state index in [2.05, 4.69) is 6.58 Å². The molecule has 0 saturated carbocycles. The fourth-order valence-corrected chi connectivity index (χ4v) is 1.59. The molecule has 0 heterocycles. The fourth-order valence-electron chi connectivity index (χ4n) is 1.59. The minimum Gasteiger partial charge on any atom is -0.504 e. The molecule has 0 saturated heterocycles. The standard InChI is InChI=1S/C12H18N2O2/c1-3-4-8-5-12(16-2)11(15)6-9(8)10(14)7-13/h3,5-6,10,15H,1,4,7,13-14H2,2H3/t10-/m0/s1. The first-order chi connectivity index (χ1) is 7.63. The number of rotatable bonds is 5. The van der Waals surface area contributed by atoms with Crippen molar-refractivity contribution in [3.63, 3.8) is 0 Å². The van der Waals surface area contributed by atoms with Crippen molar-refractivity contribution >= 4 is 0 Å². The van der Waals surface area contributed by atoms with Crippen LogP contribution in [0.5, 0.6) is 11.5 Å². The van der Waals surface area contributed by atoms with Crippen LogP contribution in [0.4, 0.5) is 0 Å². The molecule has 0 radical (unpaired) electrons. The molecule has 4 heteroatoms. The van der Waals surface area contributed by atoms with Crippen LogP contribution in [-0.4, -0.2) is 18.8 Å². The molecule has 0 amide bonds. The molecule has 0 aliphatic carbocycles. The molecule has 5 N–H and O–H groups in total. The van der Waals surface area contributed by atoms with Gasteiger partial charge in [-0.3, -0.25) is 0 Å². The lowest BCUT2D eigenvalue weighted by Gasteiger charge is -2.16. The number of phenolic OH excluding ortho intramolecular Hbond substituents is 1. The Morgan fingerprint density at radius 2 is 2.25 bits per heavy atom. The van der Waals surface area contributed by atoms with Crippen molar-refractivity contribution < 1.29 is 9.84 Å². The Balaban J connectivity index is 3.23. The molecule has 0 aliphatic heterocycles. The molecule has 16 heavy (non-hydrogen) atoms. The Morgan fingerprint density at radius 3 is 2.75 bits per heavy atom. The van der Waals surface area contributed by atoms with Crippen molar-refractivity contribution in [1.82, 2.24) is 0 Å².